The van der Waals surface area contributed by atoms with Crippen molar-refractivity contribution < 1.29 is 9.47 Å². The average molecular weight is 343 g/mol. The lowest BCUT2D eigenvalue weighted by Crippen LogP contribution is -2.31. The molecule has 1 aromatic heterocycles. The Morgan fingerprint density at radius 1 is 1.41 bits per heavy atom. The minimum Gasteiger partial charge on any atom is -0.352 e. The molecule has 6 heteroatoms. The summed E-state index contributed by atoms with van der Waals surface area (Å²) in [6.07, 6.45) is -0.177. The van der Waals surface area contributed by atoms with Crippen LogP contribution >= 0.6 is 38.9 Å². The summed E-state index contributed by atoms with van der Waals surface area (Å²) in [7, 11) is 0. The molecule has 0 bridgehead atoms. The lowest BCUT2D eigenvalue weighted by Gasteiger charge is -2.17. The van der Waals surface area contributed by atoms with Crippen molar-refractivity contribution >= 4 is 38.9 Å². The maximum Gasteiger partial charge on any atom is 0.169 e. The molecule has 0 aliphatic heterocycles. The summed E-state index contributed by atoms with van der Waals surface area (Å²) in [4.78, 5) is 1.19. The molecule has 98 valence electrons. The molecule has 0 aromatic carbocycles. The highest BCUT2D eigenvalue weighted by molar-refractivity contribution is 9.10. The van der Waals surface area contributed by atoms with Crippen LogP contribution in [0.3, 0.4) is 0 Å². The van der Waals surface area contributed by atoms with Crippen molar-refractivity contribution in [2.24, 2.45) is 0 Å². The lowest BCUT2D eigenvalue weighted by atomic mass is 10.4. The van der Waals surface area contributed by atoms with Crippen molar-refractivity contribution in [2.45, 2.75) is 26.7 Å². The van der Waals surface area contributed by atoms with Crippen molar-refractivity contribution in [1.82, 2.24) is 5.32 Å². The molecule has 1 aromatic rings. The topological polar surface area (TPSA) is 30.5 Å². The second-order valence-corrected chi connectivity index (χ2v) is 5.90. The van der Waals surface area contributed by atoms with Gasteiger partial charge in [0.2, 0.25) is 0 Å². The van der Waals surface area contributed by atoms with Gasteiger partial charge in [-0.05, 0) is 35.8 Å². The normalized spacial score (nSPS) is 11.4. The van der Waals surface area contributed by atoms with Gasteiger partial charge in [0.1, 0.15) is 4.34 Å². The molecule has 3 nitrogen and oxygen atoms in total. The molecule has 1 heterocycles. The van der Waals surface area contributed by atoms with Gasteiger partial charge in [0.05, 0.1) is 0 Å². The van der Waals surface area contributed by atoms with Crippen LogP contribution in [0.1, 0.15) is 18.7 Å². The van der Waals surface area contributed by atoms with E-state index in [0.29, 0.717) is 19.8 Å². The highest BCUT2D eigenvalue weighted by Gasteiger charge is 2.08. The van der Waals surface area contributed by atoms with Gasteiger partial charge in [-0.1, -0.05) is 11.6 Å². The van der Waals surface area contributed by atoms with E-state index in [2.05, 4.69) is 21.2 Å². The Labute approximate surface area is 120 Å². The van der Waals surface area contributed by atoms with Crippen molar-refractivity contribution in [1.29, 1.82) is 0 Å². The van der Waals surface area contributed by atoms with Gasteiger partial charge in [-0.25, -0.2) is 0 Å². The van der Waals surface area contributed by atoms with E-state index in [1.807, 2.05) is 19.9 Å². The maximum atomic E-state index is 5.96. The van der Waals surface area contributed by atoms with Crippen LogP contribution in [-0.2, 0) is 16.0 Å². The standard InChI is InChI=1S/C11H17BrClNO2S/c1-3-15-10(16-4-2)7-14-6-8-5-9(12)11(13)17-8/h5,10,14H,3-4,6-7H2,1-2H3. The fourth-order valence-electron chi connectivity index (χ4n) is 1.33. The number of thiophene rings is 1. The van der Waals surface area contributed by atoms with Gasteiger partial charge in [0.25, 0.3) is 0 Å². The second-order valence-electron chi connectivity index (χ2n) is 3.31. The summed E-state index contributed by atoms with van der Waals surface area (Å²) < 4.78 is 12.6. The van der Waals surface area contributed by atoms with Crippen molar-refractivity contribution in [3.63, 3.8) is 0 Å². The van der Waals surface area contributed by atoms with E-state index in [0.717, 1.165) is 15.4 Å². The van der Waals surface area contributed by atoms with Gasteiger partial charge in [0, 0.05) is 35.7 Å². The quantitative estimate of drug-likeness (QED) is 0.731. The zero-order valence-electron chi connectivity index (χ0n) is 9.96. The molecule has 0 aliphatic rings. The molecule has 0 aliphatic carbocycles. The first-order valence-corrected chi connectivity index (χ1v) is 7.53. The molecule has 0 radical (unpaired) electrons. The number of nitrogens with one attached hydrogen (secondary N) is 1. The number of hydrogen-bond acceptors (Lipinski definition) is 4. The predicted molar refractivity (Wildman–Crippen MR) is 75.8 cm³/mol. The summed E-state index contributed by atoms with van der Waals surface area (Å²) in [5.41, 5.74) is 0. The molecule has 0 spiro atoms. The molecule has 0 unspecified atom stereocenters. The Hall–Kier alpha value is 0.350. The van der Waals surface area contributed by atoms with E-state index >= 15 is 0 Å². The zero-order chi connectivity index (χ0) is 12.7. The Bertz CT molecular complexity index is 310. The number of rotatable bonds is 8. The van der Waals surface area contributed by atoms with Crippen LogP contribution in [0.25, 0.3) is 0 Å². The summed E-state index contributed by atoms with van der Waals surface area (Å²) >= 11 is 10.9. The molecule has 0 saturated heterocycles. The molecule has 1 rings (SSSR count). The third-order valence-electron chi connectivity index (χ3n) is 2.01. The summed E-state index contributed by atoms with van der Waals surface area (Å²) in [5.74, 6) is 0. The maximum absolute atomic E-state index is 5.96. The van der Waals surface area contributed by atoms with E-state index in [9.17, 15) is 0 Å². The molecule has 0 atom stereocenters. The van der Waals surface area contributed by atoms with Gasteiger partial charge >= 0.3 is 0 Å². The van der Waals surface area contributed by atoms with Gasteiger partial charge in [0.15, 0.2) is 6.29 Å². The Kier molecular flexibility index (Phi) is 7.66. The fourth-order valence-corrected chi connectivity index (χ4v) is 3.09. The van der Waals surface area contributed by atoms with Crippen LogP contribution < -0.4 is 5.32 Å². The smallest absolute Gasteiger partial charge is 0.169 e. The third-order valence-corrected chi connectivity index (χ3v) is 4.49. The van der Waals surface area contributed by atoms with Crippen molar-refractivity contribution in [3.05, 3.63) is 19.8 Å². The van der Waals surface area contributed by atoms with Gasteiger partial charge in [-0.3, -0.25) is 0 Å². The van der Waals surface area contributed by atoms with Crippen LogP contribution in [0, 0.1) is 0 Å². The van der Waals surface area contributed by atoms with E-state index in [1.54, 1.807) is 11.3 Å². The molecule has 17 heavy (non-hydrogen) atoms. The summed E-state index contributed by atoms with van der Waals surface area (Å²) in [6.45, 7) is 6.68. The molecule has 0 amide bonds. The average Bonchev–Trinajstić information content (AvgIpc) is 2.59. The monoisotopic (exact) mass is 341 g/mol. The van der Waals surface area contributed by atoms with Crippen LogP contribution in [0.4, 0.5) is 0 Å². The lowest BCUT2D eigenvalue weighted by molar-refractivity contribution is -0.133. The Morgan fingerprint density at radius 2 is 2.06 bits per heavy atom. The van der Waals surface area contributed by atoms with Crippen LogP contribution in [-0.4, -0.2) is 26.0 Å². The molecule has 1 N–H and O–H groups in total. The summed E-state index contributed by atoms with van der Waals surface area (Å²) in [5, 5.41) is 3.29. The first-order chi connectivity index (χ1) is 8.17. The minimum absolute atomic E-state index is 0.177. The van der Waals surface area contributed by atoms with Gasteiger partial charge in [-0.2, -0.15) is 0 Å². The SMILES string of the molecule is CCOC(CNCc1cc(Br)c(Cl)s1)OCC. The molecule has 0 fully saturated rings. The number of ether oxygens (including phenoxy) is 2. The van der Waals surface area contributed by atoms with E-state index in [-0.39, 0.29) is 6.29 Å². The second kappa shape index (κ2) is 8.45. The van der Waals surface area contributed by atoms with E-state index < -0.39 is 0 Å². The Balaban J connectivity index is 2.30. The molecular formula is C11H17BrClNO2S. The highest BCUT2D eigenvalue weighted by atomic mass is 79.9. The van der Waals surface area contributed by atoms with Crippen LogP contribution in [0.5, 0.6) is 0 Å². The predicted octanol–water partition coefficient (Wildman–Crippen LogP) is 3.65. The highest BCUT2D eigenvalue weighted by Crippen LogP contribution is 2.31. The Morgan fingerprint density at radius 3 is 2.53 bits per heavy atom. The van der Waals surface area contributed by atoms with Crippen molar-refractivity contribution in [2.75, 3.05) is 19.8 Å². The first kappa shape index (κ1) is 15.4. The van der Waals surface area contributed by atoms with Gasteiger partial charge < -0.3 is 14.8 Å². The van der Waals surface area contributed by atoms with E-state index in [1.165, 1.54) is 4.88 Å². The van der Waals surface area contributed by atoms with E-state index in [4.69, 9.17) is 21.1 Å². The number of halogens is 2. The van der Waals surface area contributed by atoms with Crippen LogP contribution in [0.15, 0.2) is 10.5 Å². The third kappa shape index (κ3) is 5.68. The largest absolute Gasteiger partial charge is 0.352 e. The molecular weight excluding hydrogens is 326 g/mol. The zero-order valence-corrected chi connectivity index (χ0v) is 13.1. The van der Waals surface area contributed by atoms with Crippen LogP contribution in [0.2, 0.25) is 4.34 Å². The molecule has 0 saturated carbocycles. The first-order valence-electron chi connectivity index (χ1n) is 5.55. The van der Waals surface area contributed by atoms with Gasteiger partial charge in [-0.15, -0.1) is 11.3 Å². The summed E-state index contributed by atoms with van der Waals surface area (Å²) in [6, 6.07) is 2.02. The van der Waals surface area contributed by atoms with Crippen molar-refractivity contribution in [3.8, 4) is 0 Å². The minimum atomic E-state index is -0.177. The number of hydrogen-bond donors (Lipinski definition) is 1. The fraction of sp³-hybridized carbons (Fsp3) is 0.636.